The van der Waals surface area contributed by atoms with Crippen LogP contribution in [0.2, 0.25) is 0 Å². The summed E-state index contributed by atoms with van der Waals surface area (Å²) in [7, 11) is 1.86. The third-order valence-electron chi connectivity index (χ3n) is 8.53. The fraction of sp³-hybridized carbons (Fsp3) is 0.552. The van der Waals surface area contributed by atoms with Crippen molar-refractivity contribution < 1.29 is 23.5 Å². The predicted octanol–water partition coefficient (Wildman–Crippen LogP) is 2.66. The first-order valence-electron chi connectivity index (χ1n) is 14.6. The number of piperidine rings is 1. The molecule has 2 fully saturated rings. The molecule has 3 N–H and O–H groups in total. The second kappa shape index (κ2) is 11.4. The van der Waals surface area contributed by atoms with Crippen LogP contribution in [0.4, 0.5) is 32.2 Å². The molecular weight excluding hydrogens is 543 g/mol. The molecule has 12 nitrogen and oxygen atoms in total. The van der Waals surface area contributed by atoms with Crippen LogP contribution in [0, 0.1) is 11.7 Å². The molecule has 0 saturated carbocycles. The number of rotatable bonds is 8. The fourth-order valence-corrected chi connectivity index (χ4v) is 6.43. The Balaban J connectivity index is 1.09. The quantitative estimate of drug-likeness (QED) is 0.451. The van der Waals surface area contributed by atoms with Crippen LogP contribution in [0.15, 0.2) is 17.3 Å². The molecule has 13 heteroatoms. The molecule has 3 aliphatic heterocycles. The van der Waals surface area contributed by atoms with Gasteiger partial charge in [-0.15, -0.1) is 0 Å². The van der Waals surface area contributed by atoms with Gasteiger partial charge in [0.15, 0.2) is 24.1 Å². The average molecular weight is 581 g/mol. The summed E-state index contributed by atoms with van der Waals surface area (Å²) in [4.78, 5) is 43.4. The Labute approximate surface area is 244 Å². The van der Waals surface area contributed by atoms with Crippen LogP contribution in [-0.4, -0.2) is 91.6 Å². The minimum absolute atomic E-state index is 0.115. The number of ether oxygens (including phenoxy) is 2. The Morgan fingerprint density at radius 3 is 2.88 bits per heavy atom. The van der Waals surface area contributed by atoms with Crippen LogP contribution in [-0.2, 0) is 22.4 Å². The highest BCUT2D eigenvalue weighted by Gasteiger charge is 2.48. The molecule has 0 radical (unpaired) electrons. The van der Waals surface area contributed by atoms with Gasteiger partial charge in [0, 0.05) is 58.8 Å². The number of nitrogens with one attached hydrogen (secondary N) is 1. The lowest BCUT2D eigenvalue weighted by atomic mass is 9.90. The van der Waals surface area contributed by atoms with E-state index in [1.807, 2.05) is 31.2 Å². The van der Waals surface area contributed by atoms with E-state index in [-0.39, 0.29) is 30.0 Å². The fourth-order valence-electron chi connectivity index (χ4n) is 6.43. The van der Waals surface area contributed by atoms with E-state index in [1.54, 1.807) is 0 Å². The zero-order valence-corrected chi connectivity index (χ0v) is 24.1. The highest BCUT2D eigenvalue weighted by Crippen LogP contribution is 2.41. The average Bonchev–Trinajstić information content (AvgIpc) is 3.53. The molecule has 1 aromatic heterocycles. The predicted molar refractivity (Wildman–Crippen MR) is 156 cm³/mol. The molecule has 1 atom stereocenters. The molecule has 6 rings (SSSR count). The van der Waals surface area contributed by atoms with E-state index >= 15 is 4.39 Å². The van der Waals surface area contributed by atoms with E-state index in [9.17, 15) is 9.59 Å². The number of fused-ring (bicyclic) bond motifs is 2. The molecule has 4 heterocycles. The van der Waals surface area contributed by atoms with Gasteiger partial charge in [0.05, 0.1) is 24.1 Å². The normalized spacial score (nSPS) is 21.3. The minimum atomic E-state index is -0.607. The molecular formula is C29H37FN8O4. The van der Waals surface area contributed by atoms with Gasteiger partial charge in [0.25, 0.3) is 11.8 Å². The smallest absolute Gasteiger partial charge is 0.416 e. The number of likely N-dealkylation sites (N-methyl/N-ethyl adjacent to an activating group) is 1. The van der Waals surface area contributed by atoms with E-state index in [0.29, 0.717) is 62.0 Å². The number of hydrogen-bond acceptors (Lipinski definition) is 10. The van der Waals surface area contributed by atoms with E-state index in [1.165, 1.54) is 11.1 Å². The summed E-state index contributed by atoms with van der Waals surface area (Å²) in [6, 6.07) is 2.05. The maximum absolute atomic E-state index is 15.9. The third kappa shape index (κ3) is 5.38. The van der Waals surface area contributed by atoms with Crippen LogP contribution in [0.3, 0.4) is 0 Å². The second-order valence-electron chi connectivity index (χ2n) is 11.6. The molecule has 1 unspecified atom stereocenters. The number of carbonyl (C=O) groups is 2. The van der Waals surface area contributed by atoms with E-state index < -0.39 is 11.7 Å². The summed E-state index contributed by atoms with van der Waals surface area (Å²) in [5, 5.41) is 2.63. The Morgan fingerprint density at radius 1 is 1.31 bits per heavy atom. The Kier molecular flexibility index (Phi) is 7.71. The third-order valence-corrected chi connectivity index (χ3v) is 8.53. The Bertz CT molecular complexity index is 1410. The summed E-state index contributed by atoms with van der Waals surface area (Å²) in [5.41, 5.74) is 8.16. The standard InChI is InChI=1S/C29H37FN8O4/c1-3-7-32-21-13-19-11-18(12-20(19)24(30)25(21)36(2)10-6-31)15-37-8-4-29(5-9-37)17-38(28(40)42-29)22-14-33-27-26(34-22)35-23(39)16-41-27/h7,13-14,18H,3-6,8-12,15-17,31H2,1-2H3,(H,34,35,39). The van der Waals surface area contributed by atoms with Gasteiger partial charge < -0.3 is 30.3 Å². The number of aromatic nitrogens is 2. The van der Waals surface area contributed by atoms with Crippen molar-refractivity contribution in [3.8, 4) is 5.88 Å². The van der Waals surface area contributed by atoms with Gasteiger partial charge in [0.2, 0.25) is 0 Å². The van der Waals surface area contributed by atoms with Gasteiger partial charge in [-0.2, -0.15) is 0 Å². The molecule has 1 spiro atoms. The van der Waals surface area contributed by atoms with Crippen molar-refractivity contribution in [2.45, 2.75) is 44.6 Å². The maximum Gasteiger partial charge on any atom is 0.416 e. The Hall–Kier alpha value is -3.84. The molecule has 2 amide bonds. The number of carbonyl (C=O) groups excluding carboxylic acids is 2. The van der Waals surface area contributed by atoms with Crippen molar-refractivity contribution in [3.63, 3.8) is 0 Å². The molecule has 2 aromatic rings. The summed E-state index contributed by atoms with van der Waals surface area (Å²) in [6.45, 7) is 5.63. The van der Waals surface area contributed by atoms with Crippen molar-refractivity contribution in [1.29, 1.82) is 0 Å². The van der Waals surface area contributed by atoms with E-state index in [4.69, 9.17) is 15.2 Å². The van der Waals surface area contributed by atoms with Gasteiger partial charge in [-0.25, -0.2) is 19.2 Å². The van der Waals surface area contributed by atoms with Crippen LogP contribution < -0.4 is 25.6 Å². The molecule has 4 aliphatic rings. The van der Waals surface area contributed by atoms with Crippen molar-refractivity contribution in [1.82, 2.24) is 14.9 Å². The Morgan fingerprint density at radius 2 is 2.12 bits per heavy atom. The first-order valence-corrected chi connectivity index (χ1v) is 14.6. The largest absolute Gasteiger partial charge is 0.465 e. The number of hydrogen-bond donors (Lipinski definition) is 2. The summed E-state index contributed by atoms with van der Waals surface area (Å²) in [5.74, 6) is 0.539. The van der Waals surface area contributed by atoms with Crippen molar-refractivity contribution >= 4 is 41.2 Å². The number of anilines is 3. The molecule has 2 saturated heterocycles. The van der Waals surface area contributed by atoms with Crippen LogP contribution in [0.25, 0.3) is 0 Å². The van der Waals surface area contributed by atoms with Gasteiger partial charge in [-0.3, -0.25) is 14.7 Å². The lowest BCUT2D eigenvalue weighted by molar-refractivity contribution is -0.118. The van der Waals surface area contributed by atoms with Crippen LogP contribution in [0.1, 0.15) is 37.3 Å². The van der Waals surface area contributed by atoms with Gasteiger partial charge in [-0.1, -0.05) is 6.92 Å². The number of amides is 2. The van der Waals surface area contributed by atoms with Crippen LogP contribution in [0.5, 0.6) is 5.88 Å². The molecule has 42 heavy (non-hydrogen) atoms. The first kappa shape index (κ1) is 28.3. The molecule has 224 valence electrons. The number of likely N-dealkylation sites (tertiary alicyclic amines) is 1. The van der Waals surface area contributed by atoms with Crippen LogP contribution >= 0.6 is 0 Å². The number of nitrogens with two attached hydrogens (primary N) is 1. The van der Waals surface area contributed by atoms with Gasteiger partial charge in [0.1, 0.15) is 5.60 Å². The first-order chi connectivity index (χ1) is 20.3. The number of aliphatic imine (C=N–C) groups is 1. The van der Waals surface area contributed by atoms with Gasteiger partial charge >= 0.3 is 6.09 Å². The van der Waals surface area contributed by atoms with Crippen molar-refractivity contribution in [2.75, 3.05) is 68.0 Å². The zero-order valence-electron chi connectivity index (χ0n) is 24.1. The minimum Gasteiger partial charge on any atom is -0.465 e. The van der Waals surface area contributed by atoms with Crippen molar-refractivity contribution in [2.24, 2.45) is 16.6 Å². The molecule has 1 aliphatic carbocycles. The van der Waals surface area contributed by atoms with E-state index in [2.05, 4.69) is 25.2 Å². The lowest BCUT2D eigenvalue weighted by Crippen LogP contribution is -2.48. The number of benzene rings is 1. The second-order valence-corrected chi connectivity index (χ2v) is 11.6. The summed E-state index contributed by atoms with van der Waals surface area (Å²) < 4.78 is 27.0. The summed E-state index contributed by atoms with van der Waals surface area (Å²) in [6.07, 6.45) is 6.45. The van der Waals surface area contributed by atoms with Crippen molar-refractivity contribution in [3.05, 3.63) is 29.2 Å². The zero-order chi connectivity index (χ0) is 29.4. The topological polar surface area (TPSA) is 139 Å². The molecule has 0 bridgehead atoms. The highest BCUT2D eigenvalue weighted by atomic mass is 19.1. The highest BCUT2D eigenvalue weighted by molar-refractivity contribution is 5.94. The summed E-state index contributed by atoms with van der Waals surface area (Å²) >= 11 is 0. The lowest BCUT2D eigenvalue weighted by Gasteiger charge is -2.38. The number of nitrogens with zero attached hydrogens (tertiary/aromatic N) is 6. The SMILES string of the molecule is CCC=Nc1cc2c(c(F)c1N(C)CCN)CC(CN1CCC3(CC1)CN(c1cnc4c(n1)NC(=O)CO4)C(=O)O3)C2. The maximum atomic E-state index is 15.9. The molecule has 1 aromatic carbocycles. The monoisotopic (exact) mass is 580 g/mol. The van der Waals surface area contributed by atoms with E-state index in [0.717, 1.165) is 43.6 Å². The van der Waals surface area contributed by atoms with Gasteiger partial charge in [-0.05, 0) is 42.4 Å². The number of halogens is 1.